The van der Waals surface area contributed by atoms with Gasteiger partial charge in [0.15, 0.2) is 0 Å². The molecule has 3 rings (SSSR count). The average Bonchev–Trinajstić information content (AvgIpc) is 2.68. The van der Waals surface area contributed by atoms with Gasteiger partial charge in [-0.3, -0.25) is 0 Å². The highest BCUT2D eigenvalue weighted by molar-refractivity contribution is 6.30. The molecule has 27 heavy (non-hydrogen) atoms. The van der Waals surface area contributed by atoms with Gasteiger partial charge in [-0.2, -0.15) is 0 Å². The number of carboxylic acids is 1. The summed E-state index contributed by atoms with van der Waals surface area (Å²) >= 11 is 6.14. The Hall–Kier alpha value is -2.85. The van der Waals surface area contributed by atoms with Gasteiger partial charge in [0.25, 0.3) is 0 Å². The molecule has 0 amide bonds. The van der Waals surface area contributed by atoms with Crippen LogP contribution in [0.2, 0.25) is 5.02 Å². The van der Waals surface area contributed by atoms with Crippen LogP contribution < -0.4 is 4.74 Å². The molecule has 1 heterocycles. The molecule has 3 aromatic rings. The Bertz CT molecular complexity index is 971. The van der Waals surface area contributed by atoms with E-state index in [4.69, 9.17) is 16.3 Å². The van der Waals surface area contributed by atoms with Gasteiger partial charge < -0.3 is 9.84 Å². The summed E-state index contributed by atoms with van der Waals surface area (Å²) in [6, 6.07) is 16.6. The first-order valence-electron chi connectivity index (χ1n) is 8.67. The van der Waals surface area contributed by atoms with Crippen molar-refractivity contribution >= 4 is 17.6 Å². The lowest BCUT2D eigenvalue weighted by Gasteiger charge is -2.19. The Morgan fingerprint density at radius 2 is 1.96 bits per heavy atom. The zero-order chi connectivity index (χ0) is 19.4. The molecule has 0 saturated carbocycles. The summed E-state index contributed by atoms with van der Waals surface area (Å²) in [6.45, 7) is 2.03. The monoisotopic (exact) mass is 381 g/mol. The van der Waals surface area contributed by atoms with Gasteiger partial charge in [-0.15, -0.1) is 0 Å². The van der Waals surface area contributed by atoms with Crippen molar-refractivity contribution in [3.63, 3.8) is 0 Å². The minimum Gasteiger partial charge on any atom is -0.481 e. The third kappa shape index (κ3) is 3.96. The maximum absolute atomic E-state index is 11.6. The Labute approximate surface area is 163 Å². The first kappa shape index (κ1) is 18.9. The molecular formula is C22H20ClNO3. The number of nitrogens with zero attached hydrogens (tertiary/aromatic N) is 1. The molecule has 0 saturated heterocycles. The highest BCUT2D eigenvalue weighted by atomic mass is 35.5. The smallest absolute Gasteiger partial charge is 0.335 e. The number of methoxy groups -OCH3 is 1. The second-order valence-corrected chi connectivity index (χ2v) is 6.63. The summed E-state index contributed by atoms with van der Waals surface area (Å²) in [4.78, 5) is 16.1. The molecule has 1 N–H and O–H groups in total. The molecule has 0 radical (unpaired) electrons. The summed E-state index contributed by atoms with van der Waals surface area (Å²) in [5, 5.41) is 10.2. The number of aromatic carboxylic acids is 1. The van der Waals surface area contributed by atoms with Crippen LogP contribution in [0.25, 0.3) is 11.1 Å². The molecule has 1 aromatic heterocycles. The molecule has 0 aliphatic rings. The van der Waals surface area contributed by atoms with Crippen molar-refractivity contribution in [3.05, 3.63) is 82.5 Å². The predicted molar refractivity (Wildman–Crippen MR) is 107 cm³/mol. The van der Waals surface area contributed by atoms with Crippen LogP contribution in [0.3, 0.4) is 0 Å². The van der Waals surface area contributed by atoms with Crippen molar-refractivity contribution in [2.45, 2.75) is 19.3 Å². The molecule has 1 atom stereocenters. The van der Waals surface area contributed by atoms with Crippen molar-refractivity contribution in [1.29, 1.82) is 0 Å². The second kappa shape index (κ2) is 8.23. The van der Waals surface area contributed by atoms with Gasteiger partial charge in [0.05, 0.1) is 12.7 Å². The predicted octanol–water partition coefficient (Wildman–Crippen LogP) is 5.65. The van der Waals surface area contributed by atoms with E-state index in [1.165, 1.54) is 0 Å². The van der Waals surface area contributed by atoms with Crippen LogP contribution in [0.4, 0.5) is 0 Å². The molecule has 0 fully saturated rings. The van der Waals surface area contributed by atoms with Crippen LogP contribution in [-0.2, 0) is 0 Å². The number of carboxylic acid groups (broad SMARTS) is 1. The highest BCUT2D eigenvalue weighted by Crippen LogP contribution is 2.36. The maximum Gasteiger partial charge on any atom is 0.335 e. The average molecular weight is 382 g/mol. The van der Waals surface area contributed by atoms with Gasteiger partial charge >= 0.3 is 5.97 Å². The number of ether oxygens (including phenoxy) is 1. The largest absolute Gasteiger partial charge is 0.481 e. The summed E-state index contributed by atoms with van der Waals surface area (Å²) in [5.41, 5.74) is 3.74. The van der Waals surface area contributed by atoms with Crippen molar-refractivity contribution in [2.75, 3.05) is 7.11 Å². The van der Waals surface area contributed by atoms with Crippen LogP contribution in [0, 0.1) is 0 Å². The lowest BCUT2D eigenvalue weighted by molar-refractivity contribution is 0.0695. The molecule has 0 bridgehead atoms. The van der Waals surface area contributed by atoms with Crippen molar-refractivity contribution in [3.8, 4) is 17.0 Å². The Balaban J connectivity index is 2.14. The standard InChI is InChI=1S/C22H20ClNO3/c1-3-17(18-9-4-5-10-19(18)22(25)26)15-12-20(21(27-2)24-13-15)14-7-6-8-16(23)11-14/h4-13,17H,3H2,1-2H3,(H,25,26). The number of rotatable bonds is 6. The third-order valence-electron chi connectivity index (χ3n) is 4.58. The van der Waals surface area contributed by atoms with E-state index in [-0.39, 0.29) is 5.92 Å². The topological polar surface area (TPSA) is 59.4 Å². The summed E-state index contributed by atoms with van der Waals surface area (Å²) in [5.74, 6) is -0.517. The number of carbonyl (C=O) groups is 1. The molecule has 5 heteroatoms. The SMILES string of the molecule is CCC(c1cnc(OC)c(-c2cccc(Cl)c2)c1)c1ccccc1C(=O)O. The minimum atomic E-state index is -0.930. The molecule has 2 aromatic carbocycles. The molecule has 1 unspecified atom stereocenters. The van der Waals surface area contributed by atoms with Crippen LogP contribution >= 0.6 is 11.6 Å². The van der Waals surface area contributed by atoms with E-state index in [0.29, 0.717) is 16.5 Å². The number of pyridine rings is 1. The van der Waals surface area contributed by atoms with Crippen molar-refractivity contribution in [2.24, 2.45) is 0 Å². The van der Waals surface area contributed by atoms with Crippen LogP contribution in [0.15, 0.2) is 60.8 Å². The van der Waals surface area contributed by atoms with Gasteiger partial charge in [0.1, 0.15) is 0 Å². The summed E-state index contributed by atoms with van der Waals surface area (Å²) in [7, 11) is 1.58. The number of hydrogen-bond donors (Lipinski definition) is 1. The molecular weight excluding hydrogens is 362 g/mol. The van der Waals surface area contributed by atoms with Crippen molar-refractivity contribution < 1.29 is 14.6 Å². The number of halogens is 1. The quantitative estimate of drug-likeness (QED) is 0.599. The van der Waals surface area contributed by atoms with Crippen LogP contribution in [0.5, 0.6) is 5.88 Å². The van der Waals surface area contributed by atoms with Crippen LogP contribution in [0.1, 0.15) is 40.7 Å². The van der Waals surface area contributed by atoms with E-state index in [1.807, 2.05) is 49.4 Å². The zero-order valence-electron chi connectivity index (χ0n) is 15.1. The maximum atomic E-state index is 11.6. The summed E-state index contributed by atoms with van der Waals surface area (Å²) in [6.07, 6.45) is 2.49. The van der Waals surface area contributed by atoms with Gasteiger partial charge in [-0.05, 0) is 47.4 Å². The Morgan fingerprint density at radius 3 is 2.63 bits per heavy atom. The fourth-order valence-corrected chi connectivity index (χ4v) is 3.51. The molecule has 0 spiro atoms. The van der Waals surface area contributed by atoms with Gasteiger partial charge in [0, 0.05) is 22.7 Å². The highest BCUT2D eigenvalue weighted by Gasteiger charge is 2.21. The van der Waals surface area contributed by atoms with E-state index < -0.39 is 5.97 Å². The minimum absolute atomic E-state index is 0.0892. The van der Waals surface area contributed by atoms with Gasteiger partial charge in [0.2, 0.25) is 5.88 Å². The van der Waals surface area contributed by atoms with Gasteiger partial charge in [-0.1, -0.05) is 48.9 Å². The van der Waals surface area contributed by atoms with Crippen molar-refractivity contribution in [1.82, 2.24) is 4.98 Å². The van der Waals surface area contributed by atoms with E-state index in [9.17, 15) is 9.90 Å². The van der Waals surface area contributed by atoms with E-state index >= 15 is 0 Å². The molecule has 4 nitrogen and oxygen atoms in total. The lowest BCUT2D eigenvalue weighted by Crippen LogP contribution is -2.09. The van der Waals surface area contributed by atoms with E-state index in [2.05, 4.69) is 4.98 Å². The zero-order valence-corrected chi connectivity index (χ0v) is 15.9. The lowest BCUT2D eigenvalue weighted by atomic mass is 9.86. The Kier molecular flexibility index (Phi) is 5.77. The number of aromatic nitrogens is 1. The fourth-order valence-electron chi connectivity index (χ4n) is 3.32. The number of hydrogen-bond acceptors (Lipinski definition) is 3. The normalized spacial score (nSPS) is 11.8. The summed E-state index contributed by atoms with van der Waals surface area (Å²) < 4.78 is 5.43. The fraction of sp³-hybridized carbons (Fsp3) is 0.182. The molecule has 138 valence electrons. The molecule has 0 aliphatic carbocycles. The number of benzene rings is 2. The molecule has 0 aliphatic heterocycles. The Morgan fingerprint density at radius 1 is 1.19 bits per heavy atom. The first-order chi connectivity index (χ1) is 13.0. The third-order valence-corrected chi connectivity index (χ3v) is 4.81. The van der Waals surface area contributed by atoms with E-state index in [0.717, 1.165) is 28.7 Å². The van der Waals surface area contributed by atoms with E-state index in [1.54, 1.807) is 25.4 Å². The first-order valence-corrected chi connectivity index (χ1v) is 9.05. The second-order valence-electron chi connectivity index (χ2n) is 6.19. The van der Waals surface area contributed by atoms with Gasteiger partial charge in [-0.25, -0.2) is 9.78 Å². The van der Waals surface area contributed by atoms with Crippen LogP contribution in [-0.4, -0.2) is 23.2 Å².